The maximum Gasteiger partial charge on any atom is 0.322 e. The zero-order valence-electron chi connectivity index (χ0n) is 15.7. The summed E-state index contributed by atoms with van der Waals surface area (Å²) >= 11 is 0. The third-order valence-corrected chi connectivity index (χ3v) is 7.98. The highest BCUT2D eigenvalue weighted by atomic mass is 32.2. The van der Waals surface area contributed by atoms with Crippen LogP contribution in [0.2, 0.25) is 0 Å². The van der Waals surface area contributed by atoms with Crippen LogP contribution in [0.5, 0.6) is 5.75 Å². The quantitative estimate of drug-likeness (QED) is 0.849. The van der Waals surface area contributed by atoms with Crippen molar-refractivity contribution in [3.8, 4) is 5.75 Å². The molecule has 2 amide bonds. The van der Waals surface area contributed by atoms with E-state index < -0.39 is 15.1 Å². The molecule has 148 valence electrons. The predicted molar refractivity (Wildman–Crippen MR) is 107 cm³/mol. The minimum absolute atomic E-state index is 0.0584. The summed E-state index contributed by atoms with van der Waals surface area (Å²) in [6.07, 6.45) is 2.63. The summed E-state index contributed by atoms with van der Waals surface area (Å²) in [5.41, 5.74) is 0.619. The Balaban J connectivity index is 1.51. The molecule has 4 rings (SSSR count). The Kier molecular flexibility index (Phi) is 5.02. The lowest BCUT2D eigenvalue weighted by atomic mass is 10.0. The number of piperidine rings is 1. The number of para-hydroxylation sites is 2. The second kappa shape index (κ2) is 7.47. The lowest BCUT2D eigenvalue weighted by Crippen LogP contribution is -2.51. The molecule has 2 heterocycles. The standard InChI is InChI=1S/C21H24N2O4S/c1-27-20-10-6-5-9-19(20)22-21(24)23-15-11-12-16(23)14-18(13-15)28(25,26)17-7-3-2-4-8-17/h2-10,15-16,18H,11-14H2,1H3,(H,22,24). The number of nitrogens with zero attached hydrogens (tertiary/aromatic N) is 1. The van der Waals surface area contributed by atoms with Crippen molar-refractivity contribution in [2.24, 2.45) is 0 Å². The summed E-state index contributed by atoms with van der Waals surface area (Å²) in [5, 5.41) is 2.49. The molecule has 0 aromatic heterocycles. The summed E-state index contributed by atoms with van der Waals surface area (Å²) in [7, 11) is -1.82. The van der Waals surface area contributed by atoms with Gasteiger partial charge in [0.2, 0.25) is 0 Å². The largest absolute Gasteiger partial charge is 0.495 e. The van der Waals surface area contributed by atoms with Crippen molar-refractivity contribution < 1.29 is 17.9 Å². The summed E-state index contributed by atoms with van der Waals surface area (Å²) < 4.78 is 31.3. The molecule has 0 aliphatic carbocycles. The number of ether oxygens (including phenoxy) is 1. The molecule has 0 spiro atoms. The van der Waals surface area contributed by atoms with Gasteiger partial charge in [0.15, 0.2) is 9.84 Å². The molecule has 2 bridgehead atoms. The molecule has 7 heteroatoms. The van der Waals surface area contributed by atoms with E-state index >= 15 is 0 Å². The molecule has 2 aromatic carbocycles. The lowest BCUT2D eigenvalue weighted by molar-refractivity contribution is 0.159. The number of nitrogens with one attached hydrogen (secondary N) is 1. The van der Waals surface area contributed by atoms with Crippen LogP contribution < -0.4 is 10.1 Å². The van der Waals surface area contributed by atoms with Crippen LogP contribution in [0.3, 0.4) is 0 Å². The van der Waals surface area contributed by atoms with Gasteiger partial charge in [-0.25, -0.2) is 13.2 Å². The molecule has 2 aromatic rings. The van der Waals surface area contributed by atoms with Gasteiger partial charge in [0.1, 0.15) is 5.75 Å². The molecule has 2 atom stereocenters. The van der Waals surface area contributed by atoms with Crippen LogP contribution in [0.25, 0.3) is 0 Å². The van der Waals surface area contributed by atoms with Crippen molar-refractivity contribution in [2.75, 3.05) is 12.4 Å². The van der Waals surface area contributed by atoms with Gasteiger partial charge in [0.25, 0.3) is 0 Å². The highest BCUT2D eigenvalue weighted by Crippen LogP contribution is 2.40. The first-order valence-corrected chi connectivity index (χ1v) is 11.1. The van der Waals surface area contributed by atoms with Gasteiger partial charge in [-0.3, -0.25) is 0 Å². The topological polar surface area (TPSA) is 75.7 Å². The Hall–Kier alpha value is -2.54. The van der Waals surface area contributed by atoms with Crippen LogP contribution in [0.4, 0.5) is 10.5 Å². The molecule has 1 N–H and O–H groups in total. The average Bonchev–Trinajstić information content (AvgIpc) is 2.98. The number of benzene rings is 2. The van der Waals surface area contributed by atoms with Crippen molar-refractivity contribution in [1.29, 1.82) is 0 Å². The highest BCUT2D eigenvalue weighted by Gasteiger charge is 2.47. The van der Waals surface area contributed by atoms with E-state index in [1.165, 1.54) is 0 Å². The van der Waals surface area contributed by atoms with Crippen LogP contribution in [0.15, 0.2) is 59.5 Å². The monoisotopic (exact) mass is 400 g/mol. The second-order valence-corrected chi connectivity index (χ2v) is 9.60. The molecule has 2 aliphatic heterocycles. The first-order chi connectivity index (χ1) is 13.5. The summed E-state index contributed by atoms with van der Waals surface area (Å²) in [6, 6.07) is 15.6. The first kappa shape index (κ1) is 18.8. The number of hydrogen-bond acceptors (Lipinski definition) is 4. The van der Waals surface area contributed by atoms with Crippen molar-refractivity contribution in [1.82, 2.24) is 4.90 Å². The van der Waals surface area contributed by atoms with Crippen LogP contribution in [0, 0.1) is 0 Å². The first-order valence-electron chi connectivity index (χ1n) is 9.52. The van der Waals surface area contributed by atoms with Crippen molar-refractivity contribution >= 4 is 21.6 Å². The van der Waals surface area contributed by atoms with E-state index in [4.69, 9.17) is 4.74 Å². The van der Waals surface area contributed by atoms with E-state index in [2.05, 4.69) is 5.32 Å². The van der Waals surface area contributed by atoms with Gasteiger partial charge in [-0.2, -0.15) is 0 Å². The van der Waals surface area contributed by atoms with E-state index in [0.29, 0.717) is 29.2 Å². The third kappa shape index (κ3) is 3.35. The van der Waals surface area contributed by atoms with E-state index in [1.807, 2.05) is 23.1 Å². The van der Waals surface area contributed by atoms with Crippen molar-refractivity contribution in [3.63, 3.8) is 0 Å². The molecule has 2 saturated heterocycles. The molecular formula is C21H24N2O4S. The molecule has 0 saturated carbocycles. The molecule has 6 nitrogen and oxygen atoms in total. The summed E-state index contributed by atoms with van der Waals surface area (Å²) in [4.78, 5) is 15.1. The smallest absolute Gasteiger partial charge is 0.322 e. The minimum atomic E-state index is -3.38. The lowest BCUT2D eigenvalue weighted by Gasteiger charge is -2.38. The van der Waals surface area contributed by atoms with Gasteiger partial charge in [-0.1, -0.05) is 30.3 Å². The number of amides is 2. The van der Waals surface area contributed by atoms with E-state index in [1.54, 1.807) is 43.5 Å². The normalized spacial score (nSPS) is 24.0. The number of urea groups is 1. The average molecular weight is 401 g/mol. The van der Waals surface area contributed by atoms with Gasteiger partial charge in [-0.15, -0.1) is 0 Å². The van der Waals surface area contributed by atoms with Crippen LogP contribution >= 0.6 is 0 Å². The predicted octanol–water partition coefficient (Wildman–Crippen LogP) is 3.70. The Labute approximate surface area is 165 Å². The van der Waals surface area contributed by atoms with E-state index in [-0.39, 0.29) is 18.1 Å². The Morgan fingerprint density at radius 3 is 2.25 bits per heavy atom. The van der Waals surface area contributed by atoms with E-state index in [9.17, 15) is 13.2 Å². The molecule has 2 unspecified atom stereocenters. The van der Waals surface area contributed by atoms with E-state index in [0.717, 1.165) is 12.8 Å². The molecule has 28 heavy (non-hydrogen) atoms. The summed E-state index contributed by atoms with van der Waals surface area (Å²) in [5.74, 6) is 0.602. The van der Waals surface area contributed by atoms with Crippen LogP contribution in [-0.4, -0.2) is 43.8 Å². The van der Waals surface area contributed by atoms with Gasteiger partial charge < -0.3 is 15.0 Å². The zero-order chi connectivity index (χ0) is 19.7. The fourth-order valence-electron chi connectivity index (χ4n) is 4.44. The third-order valence-electron chi connectivity index (χ3n) is 5.78. The van der Waals surface area contributed by atoms with Crippen molar-refractivity contribution in [3.05, 3.63) is 54.6 Å². The fourth-order valence-corrected chi connectivity index (χ4v) is 6.31. The number of sulfone groups is 1. The Morgan fingerprint density at radius 1 is 1.00 bits per heavy atom. The molecule has 2 fully saturated rings. The van der Waals surface area contributed by atoms with Crippen LogP contribution in [-0.2, 0) is 9.84 Å². The number of rotatable bonds is 4. The van der Waals surface area contributed by atoms with Crippen LogP contribution in [0.1, 0.15) is 25.7 Å². The number of anilines is 1. The fraction of sp³-hybridized carbons (Fsp3) is 0.381. The molecule has 0 radical (unpaired) electrons. The number of methoxy groups -OCH3 is 1. The van der Waals surface area contributed by atoms with Gasteiger partial charge in [-0.05, 0) is 49.9 Å². The van der Waals surface area contributed by atoms with Crippen molar-refractivity contribution in [2.45, 2.75) is 47.9 Å². The zero-order valence-corrected chi connectivity index (χ0v) is 16.6. The maximum atomic E-state index is 13.0. The minimum Gasteiger partial charge on any atom is -0.495 e. The molecule has 2 aliphatic rings. The number of carbonyl (C=O) groups excluding carboxylic acids is 1. The van der Waals surface area contributed by atoms with Gasteiger partial charge in [0, 0.05) is 12.1 Å². The molecular weight excluding hydrogens is 376 g/mol. The number of carbonyl (C=O) groups is 1. The maximum absolute atomic E-state index is 13.0. The van der Waals surface area contributed by atoms with Gasteiger partial charge in [0.05, 0.1) is 22.9 Å². The summed E-state index contributed by atoms with van der Waals surface area (Å²) in [6.45, 7) is 0. The number of fused-ring (bicyclic) bond motifs is 2. The van der Waals surface area contributed by atoms with Gasteiger partial charge >= 0.3 is 6.03 Å². The Bertz CT molecular complexity index is 947. The SMILES string of the molecule is COc1ccccc1NC(=O)N1C2CCC1CC(S(=O)(=O)c1ccccc1)C2. The highest BCUT2D eigenvalue weighted by molar-refractivity contribution is 7.92. The Morgan fingerprint density at radius 2 is 1.61 bits per heavy atom. The second-order valence-electron chi connectivity index (χ2n) is 7.37. The number of hydrogen-bond donors (Lipinski definition) is 1.